The van der Waals surface area contributed by atoms with E-state index < -0.39 is 5.97 Å². The summed E-state index contributed by atoms with van der Waals surface area (Å²) in [7, 11) is 0. The fourth-order valence-corrected chi connectivity index (χ4v) is 3.39. The van der Waals surface area contributed by atoms with Crippen LogP contribution in [0.25, 0.3) is 0 Å². The molecule has 1 aromatic heterocycles. The van der Waals surface area contributed by atoms with Gasteiger partial charge in [-0.1, -0.05) is 48.5 Å². The summed E-state index contributed by atoms with van der Waals surface area (Å²) in [6.07, 6.45) is 3.91. The Kier molecular flexibility index (Phi) is 3.50. The highest BCUT2D eigenvalue weighted by molar-refractivity contribution is 5.96. The van der Waals surface area contributed by atoms with Gasteiger partial charge in [-0.3, -0.25) is 4.98 Å². The summed E-state index contributed by atoms with van der Waals surface area (Å²) < 4.78 is 0. The first-order chi connectivity index (χ1) is 11.8. The van der Waals surface area contributed by atoms with Crippen LogP contribution in [0.2, 0.25) is 0 Å². The SMILES string of the molecule is O=C(O)c1cnccc1N1c2ccccc2CC1c1ccccc1. The normalized spacial score (nSPS) is 16.0. The summed E-state index contributed by atoms with van der Waals surface area (Å²) >= 11 is 0. The Hall–Kier alpha value is -3.14. The third-order valence-corrected chi connectivity index (χ3v) is 4.45. The molecule has 0 spiro atoms. The summed E-state index contributed by atoms with van der Waals surface area (Å²) in [4.78, 5) is 17.8. The molecule has 2 aromatic carbocycles. The van der Waals surface area contributed by atoms with Crippen molar-refractivity contribution < 1.29 is 9.90 Å². The van der Waals surface area contributed by atoms with E-state index in [0.717, 1.165) is 12.1 Å². The number of aromatic carboxylic acids is 1. The van der Waals surface area contributed by atoms with Crippen LogP contribution >= 0.6 is 0 Å². The van der Waals surface area contributed by atoms with Crippen molar-refractivity contribution in [2.75, 3.05) is 4.90 Å². The molecule has 1 aliphatic rings. The Labute approximate surface area is 140 Å². The maximum atomic E-state index is 11.7. The monoisotopic (exact) mass is 316 g/mol. The minimum Gasteiger partial charge on any atom is -0.478 e. The Bertz CT molecular complexity index is 893. The van der Waals surface area contributed by atoms with E-state index in [1.807, 2.05) is 36.4 Å². The van der Waals surface area contributed by atoms with Crippen LogP contribution in [-0.2, 0) is 6.42 Å². The Balaban J connectivity index is 1.91. The van der Waals surface area contributed by atoms with Crippen molar-refractivity contribution in [3.05, 3.63) is 89.7 Å². The first-order valence-corrected chi connectivity index (χ1v) is 7.85. The highest BCUT2D eigenvalue weighted by atomic mass is 16.4. The third-order valence-electron chi connectivity index (χ3n) is 4.45. The number of anilines is 2. The minimum atomic E-state index is -0.964. The van der Waals surface area contributed by atoms with Crippen molar-refractivity contribution in [3.63, 3.8) is 0 Å². The fourth-order valence-electron chi connectivity index (χ4n) is 3.39. The maximum Gasteiger partial charge on any atom is 0.339 e. The Morgan fingerprint density at radius 1 is 1.00 bits per heavy atom. The molecular formula is C20H16N2O2. The van der Waals surface area contributed by atoms with E-state index in [2.05, 4.69) is 28.1 Å². The molecule has 0 aliphatic carbocycles. The Morgan fingerprint density at radius 3 is 2.54 bits per heavy atom. The van der Waals surface area contributed by atoms with Crippen molar-refractivity contribution >= 4 is 17.3 Å². The molecule has 0 saturated carbocycles. The van der Waals surface area contributed by atoms with Gasteiger partial charge in [-0.2, -0.15) is 0 Å². The molecule has 3 aromatic rings. The van der Waals surface area contributed by atoms with Gasteiger partial charge in [0.2, 0.25) is 0 Å². The lowest BCUT2D eigenvalue weighted by molar-refractivity contribution is 0.0697. The summed E-state index contributed by atoms with van der Waals surface area (Å²) in [5.74, 6) is -0.964. The zero-order valence-electron chi connectivity index (χ0n) is 13.0. The molecule has 0 radical (unpaired) electrons. The molecule has 1 atom stereocenters. The minimum absolute atomic E-state index is 0.0732. The lowest BCUT2D eigenvalue weighted by Crippen LogP contribution is -2.22. The van der Waals surface area contributed by atoms with Crippen molar-refractivity contribution in [1.29, 1.82) is 0 Å². The molecule has 24 heavy (non-hydrogen) atoms. The smallest absolute Gasteiger partial charge is 0.339 e. The van der Waals surface area contributed by atoms with Crippen LogP contribution < -0.4 is 4.90 Å². The van der Waals surface area contributed by atoms with Crippen molar-refractivity contribution in [2.24, 2.45) is 0 Å². The largest absolute Gasteiger partial charge is 0.478 e. The highest BCUT2D eigenvalue weighted by Crippen LogP contribution is 2.46. The number of para-hydroxylation sites is 1. The van der Waals surface area contributed by atoms with Gasteiger partial charge < -0.3 is 10.0 Å². The number of benzene rings is 2. The van der Waals surface area contributed by atoms with Gasteiger partial charge in [0, 0.05) is 18.1 Å². The van der Waals surface area contributed by atoms with Gasteiger partial charge in [0.1, 0.15) is 5.56 Å². The second-order valence-corrected chi connectivity index (χ2v) is 5.83. The van der Waals surface area contributed by atoms with Crippen LogP contribution in [0.1, 0.15) is 27.5 Å². The van der Waals surface area contributed by atoms with Crippen LogP contribution in [0, 0.1) is 0 Å². The molecule has 4 nitrogen and oxygen atoms in total. The summed E-state index contributed by atoms with van der Waals surface area (Å²) in [6.45, 7) is 0. The van der Waals surface area contributed by atoms with Crippen LogP contribution in [-0.4, -0.2) is 16.1 Å². The number of fused-ring (bicyclic) bond motifs is 1. The van der Waals surface area contributed by atoms with Crippen molar-refractivity contribution in [2.45, 2.75) is 12.5 Å². The molecule has 1 unspecified atom stereocenters. The standard InChI is InChI=1S/C20H16N2O2/c23-20(24)16-13-21-11-10-18(16)22-17-9-5-4-8-15(17)12-19(22)14-6-2-1-3-7-14/h1-11,13,19H,12H2,(H,23,24). The number of rotatable bonds is 3. The average molecular weight is 316 g/mol. The topological polar surface area (TPSA) is 53.4 Å². The fraction of sp³-hybridized carbons (Fsp3) is 0.100. The lowest BCUT2D eigenvalue weighted by atomic mass is 10.0. The van der Waals surface area contributed by atoms with E-state index in [0.29, 0.717) is 5.69 Å². The molecule has 1 N–H and O–H groups in total. The third kappa shape index (κ3) is 2.33. The van der Waals surface area contributed by atoms with Gasteiger partial charge in [0.05, 0.1) is 11.7 Å². The van der Waals surface area contributed by atoms with Gasteiger partial charge >= 0.3 is 5.97 Å². The molecule has 2 heterocycles. The number of hydrogen-bond donors (Lipinski definition) is 1. The van der Waals surface area contributed by atoms with Crippen molar-refractivity contribution in [3.8, 4) is 0 Å². The molecule has 0 saturated heterocycles. The number of hydrogen-bond acceptors (Lipinski definition) is 3. The van der Waals surface area contributed by atoms with E-state index >= 15 is 0 Å². The molecule has 0 fully saturated rings. The number of aromatic nitrogens is 1. The first-order valence-electron chi connectivity index (χ1n) is 7.85. The van der Waals surface area contributed by atoms with Gasteiger partial charge in [0.25, 0.3) is 0 Å². The van der Waals surface area contributed by atoms with Gasteiger partial charge in [-0.25, -0.2) is 4.79 Å². The number of pyridine rings is 1. The second kappa shape index (κ2) is 5.81. The second-order valence-electron chi connectivity index (χ2n) is 5.83. The predicted octanol–water partition coefficient (Wildman–Crippen LogP) is 4.22. The van der Waals surface area contributed by atoms with E-state index in [1.54, 1.807) is 12.3 Å². The lowest BCUT2D eigenvalue weighted by Gasteiger charge is -2.29. The van der Waals surface area contributed by atoms with E-state index in [9.17, 15) is 9.90 Å². The molecule has 0 amide bonds. The van der Waals surface area contributed by atoms with Crippen LogP contribution in [0.4, 0.5) is 11.4 Å². The average Bonchev–Trinajstić information content (AvgIpc) is 3.02. The van der Waals surface area contributed by atoms with E-state index in [1.165, 1.54) is 17.3 Å². The predicted molar refractivity (Wildman–Crippen MR) is 92.7 cm³/mol. The van der Waals surface area contributed by atoms with Gasteiger partial charge in [-0.15, -0.1) is 0 Å². The summed E-state index contributed by atoms with van der Waals surface area (Å²) in [5, 5.41) is 9.56. The summed E-state index contributed by atoms with van der Waals surface area (Å²) in [5.41, 5.74) is 4.34. The number of nitrogens with zero attached hydrogens (tertiary/aromatic N) is 2. The number of carboxylic acid groups (broad SMARTS) is 1. The van der Waals surface area contributed by atoms with E-state index in [4.69, 9.17) is 0 Å². The molecule has 4 rings (SSSR count). The molecule has 0 bridgehead atoms. The van der Waals surface area contributed by atoms with Gasteiger partial charge in [0.15, 0.2) is 0 Å². The number of carbonyl (C=O) groups is 1. The zero-order chi connectivity index (χ0) is 16.5. The summed E-state index contributed by atoms with van der Waals surface area (Å²) in [6, 6.07) is 20.2. The molecule has 1 aliphatic heterocycles. The zero-order valence-corrected chi connectivity index (χ0v) is 13.0. The van der Waals surface area contributed by atoms with Crippen molar-refractivity contribution in [1.82, 2.24) is 4.98 Å². The quantitative estimate of drug-likeness (QED) is 0.786. The first kappa shape index (κ1) is 14.5. The van der Waals surface area contributed by atoms with Crippen LogP contribution in [0.3, 0.4) is 0 Å². The highest BCUT2D eigenvalue weighted by Gasteiger charge is 2.33. The maximum absolute atomic E-state index is 11.7. The molecular weight excluding hydrogens is 300 g/mol. The number of carboxylic acids is 1. The molecule has 4 heteroatoms. The van der Waals surface area contributed by atoms with Crippen LogP contribution in [0.5, 0.6) is 0 Å². The van der Waals surface area contributed by atoms with Gasteiger partial charge in [-0.05, 0) is 29.7 Å². The van der Waals surface area contributed by atoms with E-state index in [-0.39, 0.29) is 11.6 Å². The molecule has 118 valence electrons. The Morgan fingerprint density at radius 2 is 1.75 bits per heavy atom. The van der Waals surface area contributed by atoms with Crippen LogP contribution in [0.15, 0.2) is 73.1 Å².